The molecule has 0 radical (unpaired) electrons. The molecule has 0 spiro atoms. The van der Waals surface area contributed by atoms with E-state index in [1.807, 2.05) is 6.07 Å². The molecule has 2 rings (SSSR count). The van der Waals surface area contributed by atoms with Gasteiger partial charge in [0.1, 0.15) is 6.29 Å². The van der Waals surface area contributed by atoms with Gasteiger partial charge < -0.3 is 10.5 Å². The van der Waals surface area contributed by atoms with Crippen LogP contribution in [0.2, 0.25) is 0 Å². The summed E-state index contributed by atoms with van der Waals surface area (Å²) >= 11 is 1.80. The van der Waals surface area contributed by atoms with Crippen molar-refractivity contribution < 1.29 is 13.6 Å². The number of carbonyl (C=O) groups is 1. The van der Waals surface area contributed by atoms with Crippen LogP contribution in [0.15, 0.2) is 29.2 Å². The largest absolute Gasteiger partial charge is 0.330 e. The Balaban J connectivity index is 0.000000422. The van der Waals surface area contributed by atoms with Crippen LogP contribution in [-0.2, 0) is 4.79 Å². The van der Waals surface area contributed by atoms with E-state index in [4.69, 9.17) is 5.73 Å². The highest BCUT2D eigenvalue weighted by atomic mass is 32.2. The van der Waals surface area contributed by atoms with Crippen LogP contribution in [0.4, 0.5) is 8.78 Å². The van der Waals surface area contributed by atoms with E-state index in [0.717, 1.165) is 12.0 Å². The molecule has 124 valence electrons. The third-order valence-electron chi connectivity index (χ3n) is 3.60. The van der Waals surface area contributed by atoms with Crippen molar-refractivity contribution in [2.45, 2.75) is 49.8 Å². The number of aldehydes is 1. The number of halogens is 2. The summed E-state index contributed by atoms with van der Waals surface area (Å²) in [5, 5.41) is 0. The van der Waals surface area contributed by atoms with E-state index in [9.17, 15) is 13.6 Å². The zero-order valence-electron chi connectivity index (χ0n) is 13.1. The second-order valence-corrected chi connectivity index (χ2v) is 6.76. The lowest BCUT2D eigenvalue weighted by Gasteiger charge is -2.27. The Morgan fingerprint density at radius 2 is 2.05 bits per heavy atom. The van der Waals surface area contributed by atoms with Crippen LogP contribution >= 0.6 is 11.8 Å². The summed E-state index contributed by atoms with van der Waals surface area (Å²) in [6.45, 7) is 2.55. The first-order valence-corrected chi connectivity index (χ1v) is 8.66. The van der Waals surface area contributed by atoms with Gasteiger partial charge in [0, 0.05) is 29.9 Å². The molecule has 0 amide bonds. The lowest BCUT2D eigenvalue weighted by molar-refractivity contribution is -0.107. The van der Waals surface area contributed by atoms with Crippen LogP contribution < -0.4 is 5.73 Å². The summed E-state index contributed by atoms with van der Waals surface area (Å²) in [6.07, 6.45) is 2.79. The Morgan fingerprint density at radius 1 is 1.36 bits per heavy atom. The number of rotatable bonds is 5. The average Bonchev–Trinajstić information content (AvgIpc) is 2.48. The molecule has 2 N–H and O–H groups in total. The van der Waals surface area contributed by atoms with Gasteiger partial charge in [-0.05, 0) is 44.4 Å². The second-order valence-electron chi connectivity index (χ2n) is 5.67. The first-order valence-electron chi connectivity index (χ1n) is 7.68. The molecule has 0 atom stereocenters. The zero-order chi connectivity index (χ0) is 16.4. The summed E-state index contributed by atoms with van der Waals surface area (Å²) < 4.78 is 26.0. The van der Waals surface area contributed by atoms with E-state index in [1.165, 1.54) is 10.5 Å². The molecular weight excluding hydrogens is 304 g/mol. The number of carbonyl (C=O) groups excluding carboxylic acids is 1. The minimum atomic E-state index is -2.40. The van der Waals surface area contributed by atoms with Gasteiger partial charge in [-0.3, -0.25) is 0 Å². The molecule has 5 heteroatoms. The molecule has 1 saturated carbocycles. The summed E-state index contributed by atoms with van der Waals surface area (Å²) in [5.41, 5.74) is 6.16. The Hall–Kier alpha value is -0.940. The van der Waals surface area contributed by atoms with Crippen molar-refractivity contribution in [3.8, 4) is 0 Å². The predicted molar refractivity (Wildman–Crippen MR) is 88.5 cm³/mol. The highest BCUT2D eigenvalue weighted by Gasteiger charge is 2.34. The molecule has 0 bridgehead atoms. The van der Waals surface area contributed by atoms with Crippen LogP contribution in [0.1, 0.15) is 37.7 Å². The van der Waals surface area contributed by atoms with E-state index in [-0.39, 0.29) is 12.8 Å². The molecular formula is C17H25F2NOS. The molecule has 0 unspecified atom stereocenters. The van der Waals surface area contributed by atoms with Crippen molar-refractivity contribution in [3.05, 3.63) is 29.8 Å². The molecule has 1 aliphatic rings. The number of alkyl halides is 2. The number of hydrogen-bond donors (Lipinski definition) is 1. The Morgan fingerprint density at radius 3 is 2.55 bits per heavy atom. The zero-order valence-corrected chi connectivity index (χ0v) is 13.9. The average molecular weight is 329 g/mol. The van der Waals surface area contributed by atoms with Gasteiger partial charge in [-0.1, -0.05) is 17.7 Å². The van der Waals surface area contributed by atoms with Crippen molar-refractivity contribution in [2.75, 3.05) is 12.3 Å². The van der Waals surface area contributed by atoms with Gasteiger partial charge in [0.15, 0.2) is 0 Å². The van der Waals surface area contributed by atoms with E-state index >= 15 is 0 Å². The summed E-state index contributed by atoms with van der Waals surface area (Å²) in [5.74, 6) is -0.968. The summed E-state index contributed by atoms with van der Waals surface area (Å²) in [7, 11) is 0. The van der Waals surface area contributed by atoms with Gasteiger partial charge in [-0.15, -0.1) is 11.8 Å². The monoisotopic (exact) mass is 329 g/mol. The van der Waals surface area contributed by atoms with Crippen LogP contribution in [-0.4, -0.2) is 24.5 Å². The fraction of sp³-hybridized carbons (Fsp3) is 0.588. The summed E-state index contributed by atoms with van der Waals surface area (Å²) in [4.78, 5) is 10.6. The van der Waals surface area contributed by atoms with Gasteiger partial charge in [0.25, 0.3) is 0 Å². The molecule has 1 aromatic carbocycles. The van der Waals surface area contributed by atoms with Gasteiger partial charge in [0.05, 0.1) is 0 Å². The first-order chi connectivity index (χ1) is 10.5. The van der Waals surface area contributed by atoms with Crippen LogP contribution in [0.3, 0.4) is 0 Å². The Labute approximate surface area is 135 Å². The molecule has 0 heterocycles. The number of hydrogen-bond acceptors (Lipinski definition) is 3. The molecule has 1 fully saturated rings. The maximum atomic E-state index is 13.0. The Bertz CT molecular complexity index is 444. The lowest BCUT2D eigenvalue weighted by Crippen LogP contribution is -2.25. The third-order valence-corrected chi connectivity index (χ3v) is 4.82. The number of thioether (sulfide) groups is 1. The van der Waals surface area contributed by atoms with Crippen molar-refractivity contribution in [3.63, 3.8) is 0 Å². The lowest BCUT2D eigenvalue weighted by atomic mass is 9.88. The van der Waals surface area contributed by atoms with E-state index < -0.39 is 5.92 Å². The standard InChI is InChI=1S/C14H18F2S.C3H7NO/c1-11-3-2-4-13(9-11)17-10-12-5-7-14(15,16)8-6-12;4-2-1-3-5/h2-4,9,12H,5-8,10H2,1H3;3H,1-2,4H2. The fourth-order valence-electron chi connectivity index (χ4n) is 2.25. The van der Waals surface area contributed by atoms with Crippen molar-refractivity contribution >= 4 is 18.0 Å². The highest BCUT2D eigenvalue weighted by Crippen LogP contribution is 2.38. The minimum Gasteiger partial charge on any atom is -0.330 e. The quantitative estimate of drug-likeness (QED) is 0.641. The maximum absolute atomic E-state index is 13.0. The smallest absolute Gasteiger partial charge is 0.248 e. The van der Waals surface area contributed by atoms with Crippen molar-refractivity contribution in [1.82, 2.24) is 0 Å². The van der Waals surface area contributed by atoms with E-state index in [1.54, 1.807) is 11.8 Å². The van der Waals surface area contributed by atoms with Gasteiger partial charge in [-0.2, -0.15) is 0 Å². The van der Waals surface area contributed by atoms with Gasteiger partial charge in [0.2, 0.25) is 5.92 Å². The normalized spacial score (nSPS) is 17.5. The number of aryl methyl sites for hydroxylation is 1. The van der Waals surface area contributed by atoms with E-state index in [2.05, 4.69) is 25.1 Å². The number of nitrogens with two attached hydrogens (primary N) is 1. The van der Waals surface area contributed by atoms with E-state index in [0.29, 0.717) is 31.7 Å². The van der Waals surface area contributed by atoms with Crippen LogP contribution in [0, 0.1) is 12.8 Å². The minimum absolute atomic E-state index is 0.0754. The molecule has 1 aromatic rings. The first kappa shape index (κ1) is 19.1. The number of benzene rings is 1. The van der Waals surface area contributed by atoms with Crippen LogP contribution in [0.5, 0.6) is 0 Å². The third kappa shape index (κ3) is 7.90. The van der Waals surface area contributed by atoms with Crippen molar-refractivity contribution in [2.24, 2.45) is 11.7 Å². The van der Waals surface area contributed by atoms with Crippen molar-refractivity contribution in [1.29, 1.82) is 0 Å². The molecule has 0 aromatic heterocycles. The maximum Gasteiger partial charge on any atom is 0.248 e. The predicted octanol–water partition coefficient (Wildman–Crippen LogP) is 4.45. The second kappa shape index (κ2) is 9.95. The molecule has 0 aliphatic heterocycles. The SMILES string of the molecule is Cc1cccc(SCC2CCC(F)(F)CC2)c1.NCCC=O. The van der Waals surface area contributed by atoms with Gasteiger partial charge >= 0.3 is 0 Å². The Kier molecular flexibility index (Phi) is 8.64. The summed E-state index contributed by atoms with van der Waals surface area (Å²) in [6, 6.07) is 8.37. The van der Waals surface area contributed by atoms with Crippen LogP contribution in [0.25, 0.3) is 0 Å². The molecule has 0 saturated heterocycles. The fourth-order valence-corrected chi connectivity index (χ4v) is 3.46. The highest BCUT2D eigenvalue weighted by molar-refractivity contribution is 7.99. The van der Waals surface area contributed by atoms with Gasteiger partial charge in [-0.25, -0.2) is 8.78 Å². The molecule has 22 heavy (non-hydrogen) atoms. The molecule has 2 nitrogen and oxygen atoms in total. The molecule has 1 aliphatic carbocycles. The topological polar surface area (TPSA) is 43.1 Å².